The summed E-state index contributed by atoms with van der Waals surface area (Å²) in [6.07, 6.45) is -0.395. The van der Waals surface area contributed by atoms with Crippen molar-refractivity contribution in [2.45, 2.75) is 19.3 Å². The molecule has 0 saturated heterocycles. The number of hydrogen-bond acceptors (Lipinski definition) is 3. The summed E-state index contributed by atoms with van der Waals surface area (Å²) < 4.78 is 40.6. The molecule has 0 atom stereocenters. The number of benzene rings is 1. The molecule has 28 heavy (non-hydrogen) atoms. The van der Waals surface area contributed by atoms with Gasteiger partial charge in [-0.15, -0.1) is 0 Å². The molecule has 10 heteroatoms. The number of nitrogens with zero attached hydrogens (tertiary/aromatic N) is 3. The Hall–Kier alpha value is -3.07. The van der Waals surface area contributed by atoms with E-state index in [0.717, 1.165) is 22.5 Å². The monoisotopic (exact) mass is 410 g/mol. The zero-order chi connectivity index (χ0) is 20.3. The second-order valence-electron chi connectivity index (χ2n) is 5.90. The van der Waals surface area contributed by atoms with Crippen LogP contribution >= 0.6 is 11.6 Å². The quantitative estimate of drug-likeness (QED) is 0.703. The van der Waals surface area contributed by atoms with Crippen LogP contribution in [0.25, 0.3) is 5.69 Å². The van der Waals surface area contributed by atoms with Crippen molar-refractivity contribution in [3.8, 4) is 5.69 Å². The Kier molecular flexibility index (Phi) is 5.55. The third-order valence-corrected chi connectivity index (χ3v) is 4.11. The van der Waals surface area contributed by atoms with Crippen molar-refractivity contribution < 1.29 is 18.0 Å². The van der Waals surface area contributed by atoms with Gasteiger partial charge in [0.1, 0.15) is 12.1 Å². The van der Waals surface area contributed by atoms with Gasteiger partial charge < -0.3 is 9.88 Å². The second kappa shape index (κ2) is 7.89. The van der Waals surface area contributed by atoms with Crippen LogP contribution in [0.15, 0.2) is 59.8 Å². The van der Waals surface area contributed by atoms with Crippen molar-refractivity contribution in [3.63, 3.8) is 0 Å². The lowest BCUT2D eigenvalue weighted by Gasteiger charge is -2.10. The largest absolute Gasteiger partial charge is 0.421 e. The van der Waals surface area contributed by atoms with Gasteiger partial charge in [-0.05, 0) is 36.4 Å². The highest BCUT2D eigenvalue weighted by Gasteiger charge is 2.34. The number of alkyl halides is 3. The Morgan fingerprint density at radius 1 is 1.18 bits per heavy atom. The topological polar surface area (TPSA) is 68.9 Å². The number of amides is 1. The van der Waals surface area contributed by atoms with Crippen molar-refractivity contribution in [1.29, 1.82) is 0 Å². The molecule has 146 valence electrons. The fourth-order valence-electron chi connectivity index (χ4n) is 2.47. The molecular formula is C18H14ClF3N4O2. The minimum Gasteiger partial charge on any atom is -0.350 e. The fourth-order valence-corrected chi connectivity index (χ4v) is 2.60. The van der Waals surface area contributed by atoms with E-state index in [1.165, 1.54) is 0 Å². The Morgan fingerprint density at radius 3 is 2.57 bits per heavy atom. The number of halogens is 4. The molecule has 1 N–H and O–H groups in total. The molecule has 0 fully saturated rings. The van der Waals surface area contributed by atoms with E-state index in [1.54, 1.807) is 41.3 Å². The van der Waals surface area contributed by atoms with Crippen molar-refractivity contribution >= 4 is 17.5 Å². The van der Waals surface area contributed by atoms with E-state index in [-0.39, 0.29) is 6.54 Å². The summed E-state index contributed by atoms with van der Waals surface area (Å²) in [5.74, 6) is -0.597. The summed E-state index contributed by atoms with van der Waals surface area (Å²) >= 11 is 5.84. The van der Waals surface area contributed by atoms with Gasteiger partial charge in [0.15, 0.2) is 0 Å². The smallest absolute Gasteiger partial charge is 0.350 e. The number of carbonyl (C=O) groups excluding carboxylic acids is 1. The normalized spacial score (nSPS) is 11.4. The summed E-state index contributed by atoms with van der Waals surface area (Å²) in [6, 6.07) is 8.74. The standard InChI is InChI=1S/C18H14ClF3N4O2/c19-13-3-5-14(6-4-13)26-10-12(9-24-26)8-23-16(27)11-25-7-1-2-15(17(25)28)18(20,21)22/h1-7,9-10H,8,11H2,(H,23,27). The number of rotatable bonds is 5. The Balaban J connectivity index is 1.63. The minimum absolute atomic E-state index is 0.111. The van der Waals surface area contributed by atoms with E-state index >= 15 is 0 Å². The van der Waals surface area contributed by atoms with Gasteiger partial charge in [0.2, 0.25) is 5.91 Å². The molecule has 3 aromatic rings. The molecular weight excluding hydrogens is 397 g/mol. The van der Waals surface area contributed by atoms with E-state index in [0.29, 0.717) is 16.7 Å². The maximum atomic E-state index is 12.8. The average Bonchev–Trinajstić information content (AvgIpc) is 3.10. The van der Waals surface area contributed by atoms with E-state index in [2.05, 4.69) is 10.4 Å². The number of aromatic nitrogens is 3. The van der Waals surface area contributed by atoms with Gasteiger partial charge in [0.05, 0.1) is 11.9 Å². The predicted octanol–water partition coefficient (Wildman–Crippen LogP) is 3.02. The lowest BCUT2D eigenvalue weighted by molar-refractivity contribution is -0.139. The van der Waals surface area contributed by atoms with Crippen molar-refractivity contribution in [2.24, 2.45) is 0 Å². The zero-order valence-electron chi connectivity index (χ0n) is 14.3. The Labute approximate surface area is 162 Å². The van der Waals surface area contributed by atoms with Crippen LogP contribution in [0.4, 0.5) is 13.2 Å². The molecule has 0 saturated carbocycles. The molecule has 0 unspecified atom stereocenters. The van der Waals surface area contributed by atoms with Crippen LogP contribution in [0, 0.1) is 0 Å². The third-order valence-electron chi connectivity index (χ3n) is 3.86. The summed E-state index contributed by atoms with van der Waals surface area (Å²) in [7, 11) is 0. The molecule has 1 aromatic carbocycles. The first-order valence-corrected chi connectivity index (χ1v) is 8.44. The van der Waals surface area contributed by atoms with Gasteiger partial charge >= 0.3 is 6.18 Å². The SMILES string of the molecule is O=C(Cn1cccc(C(F)(F)F)c1=O)NCc1cnn(-c2ccc(Cl)cc2)c1. The number of carbonyl (C=O) groups is 1. The van der Waals surface area contributed by atoms with Gasteiger partial charge in [-0.3, -0.25) is 9.59 Å². The highest BCUT2D eigenvalue weighted by Crippen LogP contribution is 2.25. The van der Waals surface area contributed by atoms with E-state index in [4.69, 9.17) is 11.6 Å². The minimum atomic E-state index is -4.77. The zero-order valence-corrected chi connectivity index (χ0v) is 15.0. The summed E-state index contributed by atoms with van der Waals surface area (Å²) in [5, 5.41) is 7.32. The number of pyridine rings is 1. The Morgan fingerprint density at radius 2 is 1.89 bits per heavy atom. The lowest BCUT2D eigenvalue weighted by Crippen LogP contribution is -2.34. The van der Waals surface area contributed by atoms with Gasteiger partial charge in [-0.1, -0.05) is 11.6 Å². The van der Waals surface area contributed by atoms with Crippen molar-refractivity contribution in [2.75, 3.05) is 0 Å². The Bertz CT molecular complexity index is 1040. The first-order chi connectivity index (χ1) is 13.2. The average molecular weight is 411 g/mol. The number of nitrogens with one attached hydrogen (secondary N) is 1. The molecule has 1 amide bonds. The van der Waals surface area contributed by atoms with Gasteiger partial charge in [0.25, 0.3) is 5.56 Å². The van der Waals surface area contributed by atoms with Crippen LogP contribution in [-0.4, -0.2) is 20.3 Å². The van der Waals surface area contributed by atoms with Gasteiger partial charge in [-0.2, -0.15) is 18.3 Å². The van der Waals surface area contributed by atoms with E-state index < -0.39 is 29.8 Å². The van der Waals surface area contributed by atoms with Crippen LogP contribution < -0.4 is 10.9 Å². The highest BCUT2D eigenvalue weighted by molar-refractivity contribution is 6.30. The van der Waals surface area contributed by atoms with E-state index in [1.807, 2.05) is 0 Å². The molecule has 0 spiro atoms. The maximum Gasteiger partial charge on any atom is 0.421 e. The van der Waals surface area contributed by atoms with Gasteiger partial charge in [-0.25, -0.2) is 4.68 Å². The fraction of sp³-hybridized carbons (Fsp3) is 0.167. The van der Waals surface area contributed by atoms with Crippen LogP contribution in [0.5, 0.6) is 0 Å². The van der Waals surface area contributed by atoms with Crippen molar-refractivity contribution in [3.05, 3.63) is 81.5 Å². The summed E-state index contributed by atoms with van der Waals surface area (Å²) in [5.41, 5.74) is -1.12. The maximum absolute atomic E-state index is 12.8. The van der Waals surface area contributed by atoms with Crippen LogP contribution in [0.3, 0.4) is 0 Å². The lowest BCUT2D eigenvalue weighted by atomic mass is 10.2. The molecule has 0 radical (unpaired) electrons. The van der Waals surface area contributed by atoms with Crippen LogP contribution in [0.2, 0.25) is 5.02 Å². The van der Waals surface area contributed by atoms with Crippen molar-refractivity contribution in [1.82, 2.24) is 19.7 Å². The molecule has 0 aliphatic carbocycles. The third kappa shape index (κ3) is 4.61. The van der Waals surface area contributed by atoms with E-state index in [9.17, 15) is 22.8 Å². The molecule has 0 bridgehead atoms. The first kappa shape index (κ1) is 19.7. The predicted molar refractivity (Wildman–Crippen MR) is 96.1 cm³/mol. The molecule has 0 aliphatic rings. The highest BCUT2D eigenvalue weighted by atomic mass is 35.5. The van der Waals surface area contributed by atoms with Crippen LogP contribution in [-0.2, 0) is 24.1 Å². The molecule has 3 rings (SSSR count). The van der Waals surface area contributed by atoms with Crippen LogP contribution in [0.1, 0.15) is 11.1 Å². The summed E-state index contributed by atoms with van der Waals surface area (Å²) in [4.78, 5) is 23.9. The summed E-state index contributed by atoms with van der Waals surface area (Å²) in [6.45, 7) is -0.409. The molecule has 0 aliphatic heterocycles. The first-order valence-electron chi connectivity index (χ1n) is 8.07. The van der Waals surface area contributed by atoms with Gasteiger partial charge in [0, 0.05) is 29.5 Å². The molecule has 2 aromatic heterocycles. The molecule has 6 nitrogen and oxygen atoms in total. The second-order valence-corrected chi connectivity index (χ2v) is 6.34. The molecule has 2 heterocycles. The number of hydrogen-bond donors (Lipinski definition) is 1.